The molecule has 1 aliphatic rings. The molecule has 1 atom stereocenters. The van der Waals surface area contributed by atoms with E-state index in [1.54, 1.807) is 18.2 Å². The molecule has 2 aromatic carbocycles. The molecule has 2 heterocycles. The molecule has 0 saturated heterocycles. The first-order valence-corrected chi connectivity index (χ1v) is 8.90. The van der Waals surface area contributed by atoms with E-state index < -0.39 is 6.04 Å². The van der Waals surface area contributed by atoms with E-state index in [9.17, 15) is 9.90 Å². The van der Waals surface area contributed by atoms with E-state index in [1.165, 1.54) is 0 Å². The van der Waals surface area contributed by atoms with Gasteiger partial charge in [-0.25, -0.2) is 9.78 Å². The predicted molar refractivity (Wildman–Crippen MR) is 104 cm³/mol. The zero-order chi connectivity index (χ0) is 19.1. The van der Waals surface area contributed by atoms with Gasteiger partial charge in [0.2, 0.25) is 5.95 Å². The summed E-state index contributed by atoms with van der Waals surface area (Å²) in [6, 6.07) is 14.3. The van der Waals surface area contributed by atoms with E-state index in [2.05, 4.69) is 10.3 Å². The Labute approximate surface area is 157 Å². The Bertz CT molecular complexity index is 1070. The number of nitrogens with one attached hydrogen (secondary N) is 1. The number of imidazole rings is 1. The van der Waals surface area contributed by atoms with Crippen molar-refractivity contribution < 1.29 is 14.6 Å². The van der Waals surface area contributed by atoms with Crippen molar-refractivity contribution in [3.63, 3.8) is 0 Å². The Hall–Kier alpha value is -3.28. The normalized spacial score (nSPS) is 16.4. The highest BCUT2D eigenvalue weighted by Crippen LogP contribution is 2.40. The molecule has 0 unspecified atom stereocenters. The fourth-order valence-electron chi connectivity index (χ4n) is 3.52. The maximum absolute atomic E-state index is 12.9. The fourth-order valence-corrected chi connectivity index (χ4v) is 3.52. The molecular weight excluding hydrogens is 342 g/mol. The number of fused-ring (bicyclic) bond motifs is 3. The highest BCUT2D eigenvalue weighted by molar-refractivity contribution is 5.94. The highest BCUT2D eigenvalue weighted by Gasteiger charge is 2.35. The Morgan fingerprint density at radius 1 is 1.22 bits per heavy atom. The van der Waals surface area contributed by atoms with E-state index in [0.29, 0.717) is 17.2 Å². The number of carbonyl (C=O) groups is 1. The van der Waals surface area contributed by atoms with Crippen molar-refractivity contribution in [3.05, 3.63) is 65.4 Å². The Morgan fingerprint density at radius 2 is 2.00 bits per heavy atom. The predicted octanol–water partition coefficient (Wildman–Crippen LogP) is 3.98. The molecule has 27 heavy (non-hydrogen) atoms. The number of hydrogen-bond donors (Lipinski definition) is 2. The van der Waals surface area contributed by atoms with Gasteiger partial charge in [-0.1, -0.05) is 24.3 Å². The number of para-hydroxylation sites is 2. The minimum atomic E-state index is -0.452. The van der Waals surface area contributed by atoms with Crippen molar-refractivity contribution in [2.75, 3.05) is 5.32 Å². The van der Waals surface area contributed by atoms with Crippen molar-refractivity contribution in [3.8, 4) is 5.75 Å². The number of rotatable bonds is 3. The zero-order valence-corrected chi connectivity index (χ0v) is 15.4. The molecule has 0 radical (unpaired) electrons. The molecule has 1 aromatic heterocycles. The molecule has 0 bridgehead atoms. The SMILES string of the molecule is CC1=C(C(=O)OC(C)C)[C@@H](c2cccc(O)c2)n2c(nc3ccccc32)N1. The number of nitrogens with zero attached hydrogens (tertiary/aromatic N) is 2. The molecule has 6 nitrogen and oxygen atoms in total. The second-order valence-electron chi connectivity index (χ2n) is 6.91. The second kappa shape index (κ2) is 6.46. The van der Waals surface area contributed by atoms with Gasteiger partial charge in [-0.2, -0.15) is 0 Å². The first-order valence-electron chi connectivity index (χ1n) is 8.90. The van der Waals surface area contributed by atoms with Crippen LogP contribution >= 0.6 is 0 Å². The quantitative estimate of drug-likeness (QED) is 0.688. The van der Waals surface area contributed by atoms with Crippen molar-refractivity contribution in [2.24, 2.45) is 0 Å². The van der Waals surface area contributed by atoms with Crippen LogP contribution in [-0.4, -0.2) is 26.7 Å². The van der Waals surface area contributed by atoms with Crippen molar-refractivity contribution in [1.82, 2.24) is 9.55 Å². The van der Waals surface area contributed by atoms with E-state index >= 15 is 0 Å². The van der Waals surface area contributed by atoms with Crippen molar-refractivity contribution in [1.29, 1.82) is 0 Å². The monoisotopic (exact) mass is 363 g/mol. The van der Waals surface area contributed by atoms with Gasteiger partial charge in [0, 0.05) is 5.70 Å². The summed E-state index contributed by atoms with van der Waals surface area (Å²) in [7, 11) is 0. The lowest BCUT2D eigenvalue weighted by Crippen LogP contribution is -2.29. The molecular formula is C21H21N3O3. The summed E-state index contributed by atoms with van der Waals surface area (Å²) in [5.41, 5.74) is 3.71. The van der Waals surface area contributed by atoms with Crippen LogP contribution < -0.4 is 5.32 Å². The minimum absolute atomic E-state index is 0.145. The third kappa shape index (κ3) is 2.93. The smallest absolute Gasteiger partial charge is 0.338 e. The molecule has 0 spiro atoms. The van der Waals surface area contributed by atoms with Gasteiger partial charge >= 0.3 is 5.97 Å². The number of carbonyl (C=O) groups excluding carboxylic acids is 1. The van der Waals surface area contributed by atoms with Gasteiger partial charge in [0.15, 0.2) is 0 Å². The van der Waals surface area contributed by atoms with Gasteiger partial charge in [0.25, 0.3) is 0 Å². The van der Waals surface area contributed by atoms with E-state index in [-0.39, 0.29) is 17.8 Å². The number of esters is 1. The number of ether oxygens (including phenoxy) is 1. The fraction of sp³-hybridized carbons (Fsp3) is 0.238. The summed E-state index contributed by atoms with van der Waals surface area (Å²) in [6.45, 7) is 5.49. The Morgan fingerprint density at radius 3 is 2.74 bits per heavy atom. The van der Waals surface area contributed by atoms with Gasteiger partial charge in [0.1, 0.15) is 5.75 Å². The molecule has 3 aromatic rings. The Balaban J connectivity index is 1.97. The summed E-state index contributed by atoms with van der Waals surface area (Å²) >= 11 is 0. The first kappa shape index (κ1) is 17.1. The maximum atomic E-state index is 12.9. The number of aromatic hydroxyl groups is 1. The number of benzene rings is 2. The molecule has 4 rings (SSSR count). The van der Waals surface area contributed by atoms with Crippen LogP contribution in [0.25, 0.3) is 11.0 Å². The first-order chi connectivity index (χ1) is 13.0. The lowest BCUT2D eigenvalue weighted by Gasteiger charge is -2.30. The third-order valence-corrected chi connectivity index (χ3v) is 4.58. The number of phenols is 1. The van der Waals surface area contributed by atoms with E-state index in [0.717, 1.165) is 16.6 Å². The molecule has 6 heteroatoms. The number of anilines is 1. The molecule has 0 aliphatic carbocycles. The van der Waals surface area contributed by atoms with Crippen LogP contribution in [0.2, 0.25) is 0 Å². The van der Waals surface area contributed by atoms with Crippen LogP contribution in [0.3, 0.4) is 0 Å². The van der Waals surface area contributed by atoms with Crippen LogP contribution in [0.5, 0.6) is 5.75 Å². The molecule has 138 valence electrons. The summed E-state index contributed by atoms with van der Waals surface area (Å²) < 4.78 is 7.49. The topological polar surface area (TPSA) is 76.4 Å². The van der Waals surface area contributed by atoms with Crippen molar-refractivity contribution >= 4 is 23.0 Å². The molecule has 0 saturated carbocycles. The summed E-state index contributed by atoms with van der Waals surface area (Å²) in [4.78, 5) is 17.6. The lowest BCUT2D eigenvalue weighted by atomic mass is 9.95. The summed E-state index contributed by atoms with van der Waals surface area (Å²) in [5.74, 6) is 0.418. The van der Waals surface area contributed by atoms with E-state index in [1.807, 2.05) is 55.7 Å². The summed E-state index contributed by atoms with van der Waals surface area (Å²) in [5, 5.41) is 13.3. The van der Waals surface area contributed by atoms with Crippen LogP contribution in [0.15, 0.2) is 59.8 Å². The van der Waals surface area contributed by atoms with Gasteiger partial charge in [-0.05, 0) is 50.6 Å². The number of allylic oxidation sites excluding steroid dienone is 1. The van der Waals surface area contributed by atoms with Crippen molar-refractivity contribution in [2.45, 2.75) is 32.9 Å². The van der Waals surface area contributed by atoms with Crippen LogP contribution in [-0.2, 0) is 9.53 Å². The zero-order valence-electron chi connectivity index (χ0n) is 15.4. The third-order valence-electron chi connectivity index (χ3n) is 4.58. The van der Waals surface area contributed by atoms with Crippen LogP contribution in [0, 0.1) is 0 Å². The average Bonchev–Trinajstić information content (AvgIpc) is 2.97. The van der Waals surface area contributed by atoms with E-state index in [4.69, 9.17) is 4.74 Å². The van der Waals surface area contributed by atoms with Crippen LogP contribution in [0.4, 0.5) is 5.95 Å². The molecule has 0 amide bonds. The highest BCUT2D eigenvalue weighted by atomic mass is 16.5. The standard InChI is InChI=1S/C21H21N3O3/c1-12(2)27-20(26)18-13(3)22-21-23-16-9-4-5-10-17(16)24(21)19(18)14-7-6-8-15(25)11-14/h4-12,19,25H,1-3H3,(H,22,23)/t19-/m1/s1. The number of aromatic nitrogens is 2. The summed E-state index contributed by atoms with van der Waals surface area (Å²) in [6.07, 6.45) is -0.233. The molecule has 2 N–H and O–H groups in total. The number of hydrogen-bond acceptors (Lipinski definition) is 5. The Kier molecular flexibility index (Phi) is 4.11. The molecule has 0 fully saturated rings. The lowest BCUT2D eigenvalue weighted by molar-refractivity contribution is -0.143. The molecule has 1 aliphatic heterocycles. The van der Waals surface area contributed by atoms with Gasteiger partial charge in [-0.15, -0.1) is 0 Å². The minimum Gasteiger partial charge on any atom is -0.508 e. The maximum Gasteiger partial charge on any atom is 0.338 e. The largest absolute Gasteiger partial charge is 0.508 e. The average molecular weight is 363 g/mol. The van der Waals surface area contributed by atoms with Crippen LogP contribution in [0.1, 0.15) is 32.4 Å². The second-order valence-corrected chi connectivity index (χ2v) is 6.91. The van der Waals surface area contributed by atoms with Gasteiger partial charge in [-0.3, -0.25) is 4.57 Å². The number of phenolic OH excluding ortho intramolecular Hbond substituents is 1. The van der Waals surface area contributed by atoms with Gasteiger partial charge < -0.3 is 15.2 Å². The van der Waals surface area contributed by atoms with Gasteiger partial charge in [0.05, 0.1) is 28.8 Å².